The minimum atomic E-state index is 0.0596. The number of amides is 2. The Morgan fingerprint density at radius 1 is 1.17 bits per heavy atom. The molecule has 1 aromatic rings. The summed E-state index contributed by atoms with van der Waals surface area (Å²) in [6.07, 6.45) is 3.32. The first-order chi connectivity index (χ1) is 14.0. The second kappa shape index (κ2) is 10.5. The van der Waals surface area contributed by atoms with Gasteiger partial charge in [0.1, 0.15) is 0 Å². The predicted octanol–water partition coefficient (Wildman–Crippen LogP) is 5.47. The molecule has 0 N–H and O–H groups in total. The van der Waals surface area contributed by atoms with E-state index in [2.05, 4.69) is 66.7 Å². The third kappa shape index (κ3) is 7.14. The Morgan fingerprint density at radius 3 is 2.47 bits per heavy atom. The zero-order chi connectivity index (χ0) is 22.5. The monoisotopic (exact) mass is 414 g/mol. The van der Waals surface area contributed by atoms with E-state index in [4.69, 9.17) is 0 Å². The minimum Gasteiger partial charge on any atom is -0.334 e. The van der Waals surface area contributed by atoms with E-state index >= 15 is 0 Å². The number of fused-ring (bicyclic) bond motifs is 1. The standard InChI is InChI=1S/C26H42N2O2/c1-19(2)12-14-27(24(29)16-20(3)17-26(5,6)7)18-25(30)28-15-13-22-10-8-9-11-23(22)21(28)4/h8-11,19-21H,12-18H2,1-7H3. The van der Waals surface area contributed by atoms with Gasteiger partial charge in [-0.2, -0.15) is 0 Å². The zero-order valence-corrected chi connectivity index (χ0v) is 20.2. The summed E-state index contributed by atoms with van der Waals surface area (Å²) in [4.78, 5) is 30.1. The molecule has 0 aliphatic carbocycles. The summed E-state index contributed by atoms with van der Waals surface area (Å²) in [5, 5.41) is 0. The molecule has 0 aromatic heterocycles. The predicted molar refractivity (Wildman–Crippen MR) is 124 cm³/mol. The summed E-state index contributed by atoms with van der Waals surface area (Å²) in [6.45, 7) is 16.8. The van der Waals surface area contributed by atoms with E-state index in [0.717, 1.165) is 25.8 Å². The Labute approximate surface area is 184 Å². The molecule has 2 unspecified atom stereocenters. The van der Waals surface area contributed by atoms with Gasteiger partial charge in [-0.25, -0.2) is 0 Å². The van der Waals surface area contributed by atoms with Crippen LogP contribution in [0.1, 0.15) is 84.9 Å². The molecule has 1 heterocycles. The summed E-state index contributed by atoms with van der Waals surface area (Å²) in [5.74, 6) is 1.00. The lowest BCUT2D eigenvalue weighted by Crippen LogP contribution is -2.46. The van der Waals surface area contributed by atoms with Gasteiger partial charge in [-0.1, -0.05) is 65.8 Å². The topological polar surface area (TPSA) is 40.6 Å². The van der Waals surface area contributed by atoms with Crippen LogP contribution in [0.2, 0.25) is 0 Å². The maximum absolute atomic E-state index is 13.2. The molecule has 4 heteroatoms. The van der Waals surface area contributed by atoms with Crippen molar-refractivity contribution in [2.75, 3.05) is 19.6 Å². The molecule has 1 aliphatic rings. The molecule has 0 radical (unpaired) electrons. The lowest BCUT2D eigenvalue weighted by Gasteiger charge is -2.37. The van der Waals surface area contributed by atoms with Crippen LogP contribution in [0, 0.1) is 17.3 Å². The molecule has 2 rings (SSSR count). The van der Waals surface area contributed by atoms with E-state index in [0.29, 0.717) is 24.8 Å². The lowest BCUT2D eigenvalue weighted by molar-refractivity contribution is -0.142. The first-order valence-corrected chi connectivity index (χ1v) is 11.6. The van der Waals surface area contributed by atoms with Gasteiger partial charge in [-0.05, 0) is 54.6 Å². The molecule has 0 fully saturated rings. The molecule has 1 aliphatic heterocycles. The normalized spacial score (nSPS) is 17.6. The van der Waals surface area contributed by atoms with Crippen molar-refractivity contribution in [3.63, 3.8) is 0 Å². The highest BCUT2D eigenvalue weighted by Gasteiger charge is 2.30. The van der Waals surface area contributed by atoms with E-state index < -0.39 is 0 Å². The number of hydrogen-bond acceptors (Lipinski definition) is 2. The van der Waals surface area contributed by atoms with Crippen LogP contribution in [0.5, 0.6) is 0 Å². The molecule has 2 amide bonds. The van der Waals surface area contributed by atoms with Crippen LogP contribution in [-0.4, -0.2) is 41.2 Å². The molecule has 0 bridgehead atoms. The van der Waals surface area contributed by atoms with Gasteiger partial charge in [0.15, 0.2) is 0 Å². The highest BCUT2D eigenvalue weighted by molar-refractivity contribution is 5.85. The van der Waals surface area contributed by atoms with Crippen LogP contribution in [0.15, 0.2) is 24.3 Å². The summed E-state index contributed by atoms with van der Waals surface area (Å²) in [5.41, 5.74) is 2.77. The maximum atomic E-state index is 13.2. The van der Waals surface area contributed by atoms with Crippen LogP contribution < -0.4 is 0 Å². The zero-order valence-electron chi connectivity index (χ0n) is 20.2. The Kier molecular flexibility index (Phi) is 8.52. The van der Waals surface area contributed by atoms with Crippen LogP contribution in [0.4, 0.5) is 0 Å². The Balaban J connectivity index is 2.06. The molecule has 1 aromatic carbocycles. The molecular weight excluding hydrogens is 372 g/mol. The molecule has 30 heavy (non-hydrogen) atoms. The van der Waals surface area contributed by atoms with Gasteiger partial charge < -0.3 is 9.80 Å². The first kappa shape index (κ1) is 24.4. The van der Waals surface area contributed by atoms with Crippen molar-refractivity contribution >= 4 is 11.8 Å². The fraction of sp³-hybridized carbons (Fsp3) is 0.692. The van der Waals surface area contributed by atoms with Gasteiger partial charge in [0.25, 0.3) is 0 Å². The molecular formula is C26H42N2O2. The Hall–Kier alpha value is -1.84. The summed E-state index contributed by atoms with van der Waals surface area (Å²) >= 11 is 0. The fourth-order valence-electron chi connectivity index (χ4n) is 4.62. The second-order valence-corrected chi connectivity index (χ2v) is 10.8. The van der Waals surface area contributed by atoms with Gasteiger partial charge in [0, 0.05) is 19.5 Å². The number of carbonyl (C=O) groups is 2. The molecule has 2 atom stereocenters. The number of carbonyl (C=O) groups excluding carboxylic acids is 2. The highest BCUT2D eigenvalue weighted by atomic mass is 16.2. The number of nitrogens with zero attached hydrogens (tertiary/aromatic N) is 2. The van der Waals surface area contributed by atoms with Gasteiger partial charge >= 0.3 is 0 Å². The first-order valence-electron chi connectivity index (χ1n) is 11.6. The highest BCUT2D eigenvalue weighted by Crippen LogP contribution is 2.30. The van der Waals surface area contributed by atoms with Crippen LogP contribution in [0.25, 0.3) is 0 Å². The van der Waals surface area contributed by atoms with Crippen molar-refractivity contribution in [3.05, 3.63) is 35.4 Å². The number of benzene rings is 1. The van der Waals surface area contributed by atoms with E-state index in [1.807, 2.05) is 15.9 Å². The summed E-state index contributed by atoms with van der Waals surface area (Å²) in [7, 11) is 0. The quantitative estimate of drug-likeness (QED) is 0.566. The van der Waals surface area contributed by atoms with Gasteiger partial charge in [-0.15, -0.1) is 0 Å². The van der Waals surface area contributed by atoms with Crippen molar-refractivity contribution < 1.29 is 9.59 Å². The van der Waals surface area contributed by atoms with Gasteiger partial charge in [0.2, 0.25) is 11.8 Å². The van der Waals surface area contributed by atoms with Crippen LogP contribution in [0.3, 0.4) is 0 Å². The fourth-order valence-corrected chi connectivity index (χ4v) is 4.62. The van der Waals surface area contributed by atoms with Crippen molar-refractivity contribution in [3.8, 4) is 0 Å². The summed E-state index contributed by atoms with van der Waals surface area (Å²) in [6, 6.07) is 8.44. The molecule has 168 valence electrons. The van der Waals surface area contributed by atoms with E-state index in [-0.39, 0.29) is 29.8 Å². The third-order valence-electron chi connectivity index (χ3n) is 6.05. The Bertz CT molecular complexity index is 720. The largest absolute Gasteiger partial charge is 0.334 e. The molecule has 0 saturated carbocycles. The van der Waals surface area contributed by atoms with E-state index in [1.54, 1.807) is 0 Å². The van der Waals surface area contributed by atoms with Gasteiger partial charge in [0.05, 0.1) is 12.6 Å². The van der Waals surface area contributed by atoms with Crippen molar-refractivity contribution in [2.24, 2.45) is 17.3 Å². The maximum Gasteiger partial charge on any atom is 0.242 e. The summed E-state index contributed by atoms with van der Waals surface area (Å²) < 4.78 is 0. The molecule has 0 saturated heterocycles. The SMILES string of the molecule is CC(C)CCN(CC(=O)N1CCc2ccccc2C1C)C(=O)CC(C)CC(C)(C)C. The molecule has 0 spiro atoms. The molecule has 4 nitrogen and oxygen atoms in total. The van der Waals surface area contributed by atoms with E-state index in [1.165, 1.54) is 11.1 Å². The lowest BCUT2D eigenvalue weighted by atomic mass is 9.84. The average molecular weight is 415 g/mol. The van der Waals surface area contributed by atoms with E-state index in [9.17, 15) is 9.59 Å². The smallest absolute Gasteiger partial charge is 0.242 e. The van der Waals surface area contributed by atoms with Gasteiger partial charge in [-0.3, -0.25) is 9.59 Å². The second-order valence-electron chi connectivity index (χ2n) is 10.8. The van der Waals surface area contributed by atoms with Crippen LogP contribution in [-0.2, 0) is 16.0 Å². The number of hydrogen-bond donors (Lipinski definition) is 0. The van der Waals surface area contributed by atoms with Crippen molar-refractivity contribution in [1.82, 2.24) is 9.80 Å². The average Bonchev–Trinajstić information content (AvgIpc) is 2.63. The van der Waals surface area contributed by atoms with Crippen molar-refractivity contribution in [1.29, 1.82) is 0 Å². The minimum absolute atomic E-state index is 0.0596. The van der Waals surface area contributed by atoms with Crippen LogP contribution >= 0.6 is 0 Å². The Morgan fingerprint density at radius 2 is 1.83 bits per heavy atom. The third-order valence-corrected chi connectivity index (χ3v) is 6.05. The number of rotatable bonds is 8. The van der Waals surface area contributed by atoms with Crippen molar-refractivity contribution in [2.45, 2.75) is 80.2 Å².